The zero-order chi connectivity index (χ0) is 22.9. The fraction of sp³-hybridized carbons (Fsp3) is 0.185. The molecule has 1 heterocycles. The molecule has 1 amide bonds. The van der Waals surface area contributed by atoms with E-state index in [1.54, 1.807) is 17.1 Å². The average molecular weight is 496 g/mol. The Hall–Kier alpha value is -2.59. The molecule has 2 atom stereocenters. The van der Waals surface area contributed by atoms with E-state index in [4.69, 9.17) is 39.9 Å². The Balaban J connectivity index is 1.59. The molecule has 33 heavy (non-hydrogen) atoms. The van der Waals surface area contributed by atoms with Crippen molar-refractivity contribution in [2.75, 3.05) is 0 Å². The molecule has 0 radical (unpaired) electrons. The van der Waals surface area contributed by atoms with Crippen LogP contribution >= 0.6 is 34.8 Å². The molecule has 1 saturated carbocycles. The number of fused-ring (bicyclic) bond motifs is 1. The van der Waals surface area contributed by atoms with Crippen molar-refractivity contribution >= 4 is 52.5 Å². The maximum Gasteiger partial charge on any atom is 0.276 e. The van der Waals surface area contributed by atoms with Gasteiger partial charge in [-0.1, -0.05) is 71.2 Å². The summed E-state index contributed by atoms with van der Waals surface area (Å²) in [7, 11) is 0. The molecule has 0 saturated heterocycles. The van der Waals surface area contributed by atoms with Crippen molar-refractivity contribution in [2.45, 2.75) is 25.3 Å². The number of allylic oxidation sites excluding steroid dienone is 1. The van der Waals surface area contributed by atoms with Crippen LogP contribution in [0.25, 0.3) is 6.08 Å². The van der Waals surface area contributed by atoms with Crippen LogP contribution in [0, 0.1) is 5.92 Å². The molecule has 3 nitrogen and oxygen atoms in total. The quantitative estimate of drug-likeness (QED) is 0.361. The zero-order valence-electron chi connectivity index (χ0n) is 17.7. The van der Waals surface area contributed by atoms with Gasteiger partial charge in [0.1, 0.15) is 0 Å². The first-order valence-corrected chi connectivity index (χ1v) is 12.0. The van der Waals surface area contributed by atoms with Crippen LogP contribution in [-0.2, 0) is 0 Å². The van der Waals surface area contributed by atoms with E-state index in [2.05, 4.69) is 6.08 Å². The predicted molar refractivity (Wildman–Crippen MR) is 136 cm³/mol. The third-order valence-electron chi connectivity index (χ3n) is 6.24. The lowest BCUT2D eigenvalue weighted by Crippen LogP contribution is -2.32. The number of hydrazone groups is 1. The first-order valence-electron chi connectivity index (χ1n) is 10.9. The van der Waals surface area contributed by atoms with Gasteiger partial charge >= 0.3 is 0 Å². The molecule has 2 aliphatic rings. The highest BCUT2D eigenvalue weighted by Crippen LogP contribution is 2.45. The molecule has 0 N–H and O–H groups in total. The first kappa shape index (κ1) is 22.2. The highest BCUT2D eigenvalue weighted by molar-refractivity contribution is 6.34. The molecule has 0 spiro atoms. The Labute approximate surface area is 208 Å². The molecule has 0 bridgehead atoms. The Morgan fingerprint density at radius 3 is 2.27 bits per heavy atom. The number of amides is 1. The third kappa shape index (κ3) is 4.46. The molecular formula is C27H21Cl3N2O. The first-order chi connectivity index (χ1) is 16.0. The number of carbonyl (C=O) groups is 1. The van der Waals surface area contributed by atoms with Crippen molar-refractivity contribution in [3.63, 3.8) is 0 Å². The van der Waals surface area contributed by atoms with Gasteiger partial charge in [0.05, 0.1) is 22.3 Å². The van der Waals surface area contributed by atoms with Crippen molar-refractivity contribution in [1.29, 1.82) is 0 Å². The van der Waals surface area contributed by atoms with Crippen LogP contribution in [-0.4, -0.2) is 16.6 Å². The second kappa shape index (κ2) is 9.34. The summed E-state index contributed by atoms with van der Waals surface area (Å²) >= 11 is 18.6. The maximum atomic E-state index is 13.6. The van der Waals surface area contributed by atoms with E-state index in [9.17, 15) is 4.79 Å². The van der Waals surface area contributed by atoms with E-state index >= 15 is 0 Å². The van der Waals surface area contributed by atoms with Gasteiger partial charge in [0.2, 0.25) is 0 Å². The van der Waals surface area contributed by atoms with Gasteiger partial charge in [-0.05, 0) is 78.4 Å². The van der Waals surface area contributed by atoms with Gasteiger partial charge in [0, 0.05) is 16.0 Å². The van der Waals surface area contributed by atoms with Gasteiger partial charge in [0.25, 0.3) is 5.91 Å². The minimum absolute atomic E-state index is 0.102. The van der Waals surface area contributed by atoms with E-state index in [1.807, 2.05) is 60.7 Å². The summed E-state index contributed by atoms with van der Waals surface area (Å²) in [4.78, 5) is 13.6. The van der Waals surface area contributed by atoms with Crippen LogP contribution in [0.3, 0.4) is 0 Å². The Morgan fingerprint density at radius 2 is 1.58 bits per heavy atom. The summed E-state index contributed by atoms with van der Waals surface area (Å²) in [6.07, 6.45) is 5.06. The topological polar surface area (TPSA) is 32.7 Å². The van der Waals surface area contributed by atoms with E-state index in [1.165, 1.54) is 0 Å². The molecule has 1 aliphatic carbocycles. The second-order valence-electron chi connectivity index (χ2n) is 8.33. The summed E-state index contributed by atoms with van der Waals surface area (Å²) < 4.78 is 0. The number of nitrogens with zero attached hydrogens (tertiary/aromatic N) is 2. The number of carbonyl (C=O) groups excluding carboxylic acids is 1. The normalized spacial score (nSPS) is 21.1. The number of benzene rings is 3. The number of hydrogen-bond donors (Lipinski definition) is 0. The average Bonchev–Trinajstić information content (AvgIpc) is 3.22. The summed E-state index contributed by atoms with van der Waals surface area (Å²) in [5, 5.41) is 8.32. The summed E-state index contributed by atoms with van der Waals surface area (Å²) in [6.45, 7) is 0. The van der Waals surface area contributed by atoms with Gasteiger partial charge in [-0.3, -0.25) is 4.79 Å². The summed E-state index contributed by atoms with van der Waals surface area (Å²) in [5.74, 6) is -0.0989. The number of hydrogen-bond acceptors (Lipinski definition) is 2. The fourth-order valence-electron chi connectivity index (χ4n) is 4.68. The number of halogens is 3. The van der Waals surface area contributed by atoms with Crippen LogP contribution in [0.2, 0.25) is 15.1 Å². The highest BCUT2D eigenvalue weighted by atomic mass is 35.5. The van der Waals surface area contributed by atoms with Crippen molar-refractivity contribution in [1.82, 2.24) is 5.01 Å². The Kier molecular flexibility index (Phi) is 6.29. The lowest BCUT2D eigenvalue weighted by Gasteiger charge is -2.30. The van der Waals surface area contributed by atoms with Crippen LogP contribution in [0.5, 0.6) is 0 Å². The SMILES string of the molecule is O=C(c1ccccc1Cl)N1N=C2/C(=C/c3ccc(Cl)cc3)CCC[C@@H]2[C@@H]1c1ccc(Cl)cc1. The van der Waals surface area contributed by atoms with E-state index < -0.39 is 0 Å². The Morgan fingerprint density at radius 1 is 0.909 bits per heavy atom. The maximum absolute atomic E-state index is 13.6. The smallest absolute Gasteiger partial charge is 0.267 e. The van der Waals surface area contributed by atoms with Gasteiger partial charge in [-0.25, -0.2) is 5.01 Å². The van der Waals surface area contributed by atoms with Gasteiger partial charge in [-0.2, -0.15) is 5.10 Å². The van der Waals surface area contributed by atoms with E-state index in [0.29, 0.717) is 20.6 Å². The van der Waals surface area contributed by atoms with Crippen molar-refractivity contribution in [3.8, 4) is 0 Å². The van der Waals surface area contributed by atoms with Crippen LogP contribution in [0.1, 0.15) is 46.8 Å². The molecule has 1 fully saturated rings. The minimum atomic E-state index is -0.213. The standard InChI is InChI=1S/C27H21Cl3N2O/c28-20-12-8-17(9-13-20)16-19-4-3-6-23-25(19)31-32(26(23)18-10-14-21(29)15-11-18)27(33)22-5-1-2-7-24(22)30/h1-2,5,7-16,23,26H,3-4,6H2/b19-16+/t23-,26-/m0/s1. The zero-order valence-corrected chi connectivity index (χ0v) is 20.0. The molecule has 6 heteroatoms. The molecule has 0 unspecified atom stereocenters. The molecule has 1 aliphatic heterocycles. The van der Waals surface area contributed by atoms with Gasteiger partial charge < -0.3 is 0 Å². The molecular weight excluding hydrogens is 475 g/mol. The minimum Gasteiger partial charge on any atom is -0.267 e. The molecule has 5 rings (SSSR count). The molecule has 3 aromatic carbocycles. The largest absolute Gasteiger partial charge is 0.276 e. The van der Waals surface area contributed by atoms with Crippen molar-refractivity contribution in [3.05, 3.63) is 110 Å². The van der Waals surface area contributed by atoms with E-state index in [-0.39, 0.29) is 17.9 Å². The van der Waals surface area contributed by atoms with Gasteiger partial charge in [-0.15, -0.1) is 0 Å². The van der Waals surface area contributed by atoms with Crippen LogP contribution < -0.4 is 0 Å². The van der Waals surface area contributed by atoms with Crippen molar-refractivity contribution in [2.24, 2.45) is 11.0 Å². The lowest BCUT2D eigenvalue weighted by molar-refractivity contribution is 0.0681. The van der Waals surface area contributed by atoms with E-state index in [0.717, 1.165) is 41.7 Å². The molecule has 3 aromatic rings. The third-order valence-corrected chi connectivity index (χ3v) is 7.07. The Bertz CT molecular complexity index is 1250. The second-order valence-corrected chi connectivity index (χ2v) is 9.61. The van der Waals surface area contributed by atoms with Crippen LogP contribution in [0.15, 0.2) is 83.5 Å². The monoisotopic (exact) mass is 494 g/mol. The summed E-state index contributed by atoms with van der Waals surface area (Å²) in [6, 6.07) is 22.3. The lowest BCUT2D eigenvalue weighted by atomic mass is 9.77. The fourth-order valence-corrected chi connectivity index (χ4v) is 5.15. The number of rotatable bonds is 3. The predicted octanol–water partition coefficient (Wildman–Crippen LogP) is 8.08. The highest BCUT2D eigenvalue weighted by Gasteiger charge is 2.44. The van der Waals surface area contributed by atoms with Gasteiger partial charge in [0.15, 0.2) is 0 Å². The summed E-state index contributed by atoms with van der Waals surface area (Å²) in [5.41, 5.74) is 4.65. The van der Waals surface area contributed by atoms with Crippen LogP contribution in [0.4, 0.5) is 0 Å². The molecule has 166 valence electrons. The van der Waals surface area contributed by atoms with Crippen molar-refractivity contribution < 1.29 is 4.79 Å². The molecule has 0 aromatic heterocycles.